The molecule has 0 saturated heterocycles. The first-order valence-corrected chi connectivity index (χ1v) is 11.3. The van der Waals surface area contributed by atoms with E-state index in [2.05, 4.69) is 0 Å². The van der Waals surface area contributed by atoms with Crippen LogP contribution in [-0.4, -0.2) is 20.9 Å². The van der Waals surface area contributed by atoms with Gasteiger partial charge in [0.2, 0.25) is 0 Å². The molecule has 158 valence electrons. The summed E-state index contributed by atoms with van der Waals surface area (Å²) in [6, 6.07) is 20.4. The lowest BCUT2D eigenvalue weighted by Crippen LogP contribution is -2.36. The third-order valence-corrected chi connectivity index (χ3v) is 6.53. The van der Waals surface area contributed by atoms with Gasteiger partial charge in [-0.25, -0.2) is 8.42 Å². The molecule has 1 aromatic heterocycles. The summed E-state index contributed by atoms with van der Waals surface area (Å²) in [5.74, 6) is -0.339. The minimum atomic E-state index is -4.26. The van der Waals surface area contributed by atoms with Crippen LogP contribution in [-0.2, 0) is 10.0 Å². The fourth-order valence-electron chi connectivity index (χ4n) is 3.11. The van der Waals surface area contributed by atoms with Crippen LogP contribution in [0.3, 0.4) is 0 Å². The Morgan fingerprint density at radius 2 is 1.68 bits per heavy atom. The molecule has 1 amide bonds. The number of ether oxygens (including phenoxy) is 1. The van der Waals surface area contributed by atoms with Crippen molar-refractivity contribution >= 4 is 44.2 Å². The standard InChI is InChI=1S/C23H18ClNO5S/c1-2-29-19-11-9-18(10-12-19)25(31(27,28)20-13-7-17(24)8-14-20)23(26)22-15-16-5-3-4-6-21(16)30-22/h3-15H,2H2,1H3. The predicted octanol–water partition coefficient (Wildman–Crippen LogP) is 5.52. The van der Waals surface area contributed by atoms with Crippen molar-refractivity contribution in [3.63, 3.8) is 0 Å². The molecule has 0 atom stereocenters. The van der Waals surface area contributed by atoms with Gasteiger partial charge in [-0.05, 0) is 67.6 Å². The number of para-hydroxylation sites is 1. The second-order valence-corrected chi connectivity index (χ2v) is 8.83. The van der Waals surface area contributed by atoms with Crippen LogP contribution in [0.1, 0.15) is 17.5 Å². The van der Waals surface area contributed by atoms with E-state index >= 15 is 0 Å². The molecule has 0 unspecified atom stereocenters. The summed E-state index contributed by atoms with van der Waals surface area (Å²) in [7, 11) is -4.26. The van der Waals surface area contributed by atoms with Crippen molar-refractivity contribution in [3.05, 3.63) is 89.6 Å². The Hall–Kier alpha value is -3.29. The van der Waals surface area contributed by atoms with Crippen molar-refractivity contribution in [1.29, 1.82) is 0 Å². The molecular formula is C23H18ClNO5S. The number of hydrogen-bond acceptors (Lipinski definition) is 5. The lowest BCUT2D eigenvalue weighted by Gasteiger charge is -2.22. The maximum Gasteiger partial charge on any atom is 0.308 e. The highest BCUT2D eigenvalue weighted by Crippen LogP contribution is 2.30. The maximum absolute atomic E-state index is 13.5. The predicted molar refractivity (Wildman–Crippen MR) is 119 cm³/mol. The molecule has 4 rings (SSSR count). The Morgan fingerprint density at radius 1 is 1.00 bits per heavy atom. The summed E-state index contributed by atoms with van der Waals surface area (Å²) >= 11 is 5.90. The molecule has 0 bridgehead atoms. The number of amides is 1. The third kappa shape index (κ3) is 4.15. The molecule has 0 spiro atoms. The summed E-state index contributed by atoms with van der Waals surface area (Å²) < 4.78 is 38.7. The van der Waals surface area contributed by atoms with Gasteiger partial charge >= 0.3 is 5.91 Å². The molecule has 4 aromatic rings. The van der Waals surface area contributed by atoms with Crippen molar-refractivity contribution in [1.82, 2.24) is 0 Å². The molecule has 0 aliphatic heterocycles. The number of carbonyl (C=O) groups is 1. The molecule has 0 aliphatic rings. The highest BCUT2D eigenvalue weighted by atomic mass is 35.5. The van der Waals surface area contributed by atoms with Crippen LogP contribution >= 0.6 is 11.6 Å². The molecule has 6 nitrogen and oxygen atoms in total. The summed E-state index contributed by atoms with van der Waals surface area (Å²) in [5, 5.41) is 1.08. The number of benzene rings is 3. The number of anilines is 1. The Kier molecular flexibility index (Phi) is 5.71. The number of halogens is 1. The highest BCUT2D eigenvalue weighted by Gasteiger charge is 2.33. The van der Waals surface area contributed by atoms with Gasteiger partial charge in [-0.15, -0.1) is 0 Å². The quantitative estimate of drug-likeness (QED) is 0.382. The molecule has 3 aromatic carbocycles. The first-order chi connectivity index (χ1) is 14.9. The molecule has 0 saturated carbocycles. The molecule has 0 radical (unpaired) electrons. The third-order valence-electron chi connectivity index (χ3n) is 4.55. The topological polar surface area (TPSA) is 76.8 Å². The van der Waals surface area contributed by atoms with Crippen LogP contribution < -0.4 is 9.04 Å². The summed E-state index contributed by atoms with van der Waals surface area (Å²) in [6.45, 7) is 2.31. The number of sulfonamides is 1. The van der Waals surface area contributed by atoms with E-state index in [0.29, 0.717) is 28.3 Å². The second kappa shape index (κ2) is 8.45. The van der Waals surface area contributed by atoms with Crippen LogP contribution in [0.5, 0.6) is 5.75 Å². The molecule has 0 N–H and O–H groups in total. The van der Waals surface area contributed by atoms with E-state index < -0.39 is 15.9 Å². The largest absolute Gasteiger partial charge is 0.494 e. The number of nitrogens with zero attached hydrogens (tertiary/aromatic N) is 1. The number of carbonyl (C=O) groups excluding carboxylic acids is 1. The lowest BCUT2D eigenvalue weighted by atomic mass is 10.2. The van der Waals surface area contributed by atoms with E-state index in [1.54, 1.807) is 36.4 Å². The first-order valence-electron chi connectivity index (χ1n) is 9.47. The van der Waals surface area contributed by atoms with E-state index in [-0.39, 0.29) is 16.3 Å². The Labute approximate surface area is 184 Å². The fourth-order valence-corrected chi connectivity index (χ4v) is 4.63. The fraction of sp³-hybridized carbons (Fsp3) is 0.0870. The monoisotopic (exact) mass is 455 g/mol. The lowest BCUT2D eigenvalue weighted by molar-refractivity contribution is 0.0981. The van der Waals surface area contributed by atoms with Gasteiger partial charge in [0.1, 0.15) is 11.3 Å². The molecule has 0 aliphatic carbocycles. The van der Waals surface area contributed by atoms with Crippen molar-refractivity contribution in [3.8, 4) is 5.75 Å². The zero-order chi connectivity index (χ0) is 22.0. The molecular weight excluding hydrogens is 438 g/mol. The van der Waals surface area contributed by atoms with E-state index in [9.17, 15) is 13.2 Å². The second-order valence-electron chi connectivity index (χ2n) is 6.60. The number of furan rings is 1. The van der Waals surface area contributed by atoms with Crippen LogP contribution in [0.15, 0.2) is 88.2 Å². The maximum atomic E-state index is 13.5. The minimum Gasteiger partial charge on any atom is -0.494 e. The van der Waals surface area contributed by atoms with E-state index in [4.69, 9.17) is 20.8 Å². The van der Waals surface area contributed by atoms with Crippen LogP contribution in [0, 0.1) is 0 Å². The average Bonchev–Trinajstić information content (AvgIpc) is 3.20. The summed E-state index contributed by atoms with van der Waals surface area (Å²) in [5.41, 5.74) is 0.644. The smallest absolute Gasteiger partial charge is 0.308 e. The van der Waals surface area contributed by atoms with Gasteiger partial charge in [-0.3, -0.25) is 4.79 Å². The van der Waals surface area contributed by atoms with Crippen LogP contribution in [0.4, 0.5) is 5.69 Å². The molecule has 0 fully saturated rings. The van der Waals surface area contributed by atoms with Crippen LogP contribution in [0.25, 0.3) is 11.0 Å². The van der Waals surface area contributed by atoms with E-state index in [0.717, 1.165) is 4.31 Å². The van der Waals surface area contributed by atoms with Gasteiger partial charge in [-0.1, -0.05) is 29.8 Å². The van der Waals surface area contributed by atoms with E-state index in [1.807, 2.05) is 6.92 Å². The van der Waals surface area contributed by atoms with Crippen LogP contribution in [0.2, 0.25) is 5.02 Å². The SMILES string of the molecule is CCOc1ccc(N(C(=O)c2cc3ccccc3o2)S(=O)(=O)c2ccc(Cl)cc2)cc1. The van der Waals surface area contributed by atoms with E-state index in [1.165, 1.54) is 42.5 Å². The van der Waals surface area contributed by atoms with Crippen molar-refractivity contribution in [2.45, 2.75) is 11.8 Å². The van der Waals surface area contributed by atoms with Gasteiger partial charge < -0.3 is 9.15 Å². The average molecular weight is 456 g/mol. The Balaban J connectivity index is 1.83. The Morgan fingerprint density at radius 3 is 2.32 bits per heavy atom. The van der Waals surface area contributed by atoms with Gasteiger partial charge in [0.25, 0.3) is 10.0 Å². The zero-order valence-corrected chi connectivity index (χ0v) is 18.1. The van der Waals surface area contributed by atoms with Gasteiger partial charge in [0, 0.05) is 10.4 Å². The van der Waals surface area contributed by atoms with Gasteiger partial charge in [0.05, 0.1) is 17.2 Å². The number of rotatable bonds is 6. The van der Waals surface area contributed by atoms with Crippen molar-refractivity contribution in [2.75, 3.05) is 10.9 Å². The number of fused-ring (bicyclic) bond motifs is 1. The summed E-state index contributed by atoms with van der Waals surface area (Å²) in [4.78, 5) is 13.3. The first kappa shape index (κ1) is 21.0. The molecule has 31 heavy (non-hydrogen) atoms. The zero-order valence-electron chi connectivity index (χ0n) is 16.5. The normalized spacial score (nSPS) is 11.4. The summed E-state index contributed by atoms with van der Waals surface area (Å²) in [6.07, 6.45) is 0. The molecule has 8 heteroatoms. The van der Waals surface area contributed by atoms with Crippen molar-refractivity contribution < 1.29 is 22.4 Å². The Bertz CT molecular complexity index is 1300. The van der Waals surface area contributed by atoms with Crippen molar-refractivity contribution in [2.24, 2.45) is 0 Å². The van der Waals surface area contributed by atoms with Gasteiger partial charge in [0.15, 0.2) is 5.76 Å². The number of hydrogen-bond donors (Lipinski definition) is 0. The van der Waals surface area contributed by atoms with Gasteiger partial charge in [-0.2, -0.15) is 4.31 Å². The minimum absolute atomic E-state index is 0.0738. The molecule has 1 heterocycles. The highest BCUT2D eigenvalue weighted by molar-refractivity contribution is 7.93.